The van der Waals surface area contributed by atoms with Gasteiger partial charge in [0.25, 0.3) is 0 Å². The van der Waals surface area contributed by atoms with E-state index in [0.717, 1.165) is 18.4 Å². The molecule has 1 fully saturated rings. The smallest absolute Gasteiger partial charge is 0.183 e. The van der Waals surface area contributed by atoms with Gasteiger partial charge in [0.2, 0.25) is 0 Å². The molecule has 2 aromatic rings. The third-order valence-electron chi connectivity index (χ3n) is 3.49. The summed E-state index contributed by atoms with van der Waals surface area (Å²) >= 11 is 6.22. The van der Waals surface area contributed by atoms with Crippen LogP contribution in [0.15, 0.2) is 18.2 Å². The standard InChI is InChI=1S/C12H14ClN5/c1-2-7-6-10(7)18-12(15-16-17-18)8-4-3-5-9(14)11(8)13/h3-5,7,10H,2,6,14H2,1H3. The van der Waals surface area contributed by atoms with Crippen LogP contribution in [0.1, 0.15) is 25.8 Å². The molecule has 5 nitrogen and oxygen atoms in total. The zero-order valence-electron chi connectivity index (χ0n) is 10.0. The fourth-order valence-electron chi connectivity index (χ4n) is 2.29. The van der Waals surface area contributed by atoms with Gasteiger partial charge < -0.3 is 5.73 Å². The lowest BCUT2D eigenvalue weighted by Gasteiger charge is -2.07. The minimum absolute atomic E-state index is 0.400. The lowest BCUT2D eigenvalue weighted by molar-refractivity contribution is 0.563. The fourth-order valence-corrected chi connectivity index (χ4v) is 2.50. The minimum Gasteiger partial charge on any atom is -0.398 e. The van der Waals surface area contributed by atoms with Crippen molar-refractivity contribution in [2.75, 3.05) is 5.73 Å². The van der Waals surface area contributed by atoms with Crippen LogP contribution in [-0.4, -0.2) is 20.2 Å². The highest BCUT2D eigenvalue weighted by Crippen LogP contribution is 2.46. The second-order valence-corrected chi connectivity index (χ2v) is 5.01. The Labute approximate surface area is 110 Å². The van der Waals surface area contributed by atoms with Crippen molar-refractivity contribution < 1.29 is 0 Å². The molecule has 1 saturated carbocycles. The van der Waals surface area contributed by atoms with Crippen molar-refractivity contribution in [2.45, 2.75) is 25.8 Å². The number of rotatable bonds is 3. The quantitative estimate of drug-likeness (QED) is 0.864. The molecule has 3 rings (SSSR count). The maximum atomic E-state index is 6.22. The number of hydrogen-bond acceptors (Lipinski definition) is 4. The summed E-state index contributed by atoms with van der Waals surface area (Å²) in [6.45, 7) is 2.18. The molecule has 2 unspecified atom stereocenters. The van der Waals surface area contributed by atoms with Crippen LogP contribution in [0.3, 0.4) is 0 Å². The number of anilines is 1. The highest BCUT2D eigenvalue weighted by atomic mass is 35.5. The number of tetrazole rings is 1. The second-order valence-electron chi connectivity index (χ2n) is 4.63. The Morgan fingerprint density at radius 1 is 1.50 bits per heavy atom. The van der Waals surface area contributed by atoms with Gasteiger partial charge in [-0.1, -0.05) is 31.0 Å². The van der Waals surface area contributed by atoms with Crippen LogP contribution >= 0.6 is 11.6 Å². The molecular weight excluding hydrogens is 250 g/mol. The SMILES string of the molecule is CCC1CC1n1nnnc1-c1cccc(N)c1Cl. The molecule has 94 valence electrons. The van der Waals surface area contributed by atoms with E-state index in [1.165, 1.54) is 0 Å². The second kappa shape index (κ2) is 4.24. The molecule has 18 heavy (non-hydrogen) atoms. The Balaban J connectivity index is 2.03. The van der Waals surface area contributed by atoms with E-state index in [2.05, 4.69) is 22.4 Å². The van der Waals surface area contributed by atoms with Gasteiger partial charge in [0.1, 0.15) is 0 Å². The Kier molecular flexibility index (Phi) is 2.70. The maximum Gasteiger partial charge on any atom is 0.183 e. The van der Waals surface area contributed by atoms with Crippen molar-refractivity contribution in [3.05, 3.63) is 23.2 Å². The molecule has 1 heterocycles. The molecule has 6 heteroatoms. The van der Waals surface area contributed by atoms with Crippen LogP contribution in [-0.2, 0) is 0 Å². The third-order valence-corrected chi connectivity index (χ3v) is 3.91. The lowest BCUT2D eigenvalue weighted by atomic mass is 10.2. The molecule has 0 saturated heterocycles. The molecule has 0 spiro atoms. The van der Waals surface area contributed by atoms with E-state index in [4.69, 9.17) is 17.3 Å². The van der Waals surface area contributed by atoms with Crippen LogP contribution in [0, 0.1) is 5.92 Å². The first-order chi connectivity index (χ1) is 8.72. The first-order valence-corrected chi connectivity index (χ1v) is 6.42. The van der Waals surface area contributed by atoms with Crippen LogP contribution in [0.25, 0.3) is 11.4 Å². The van der Waals surface area contributed by atoms with Crippen molar-refractivity contribution in [1.29, 1.82) is 0 Å². The molecule has 0 radical (unpaired) electrons. The first-order valence-electron chi connectivity index (χ1n) is 6.04. The first kappa shape index (κ1) is 11.5. The van der Waals surface area contributed by atoms with Crippen molar-refractivity contribution in [1.82, 2.24) is 20.2 Å². The molecule has 1 aliphatic carbocycles. The summed E-state index contributed by atoms with van der Waals surface area (Å²) in [5.74, 6) is 1.38. The molecule has 2 N–H and O–H groups in total. The summed E-state index contributed by atoms with van der Waals surface area (Å²) in [6, 6.07) is 5.92. The van der Waals surface area contributed by atoms with Gasteiger partial charge in [0, 0.05) is 5.56 Å². The Morgan fingerprint density at radius 2 is 2.33 bits per heavy atom. The number of nitrogen functional groups attached to an aromatic ring is 1. The van der Waals surface area contributed by atoms with Gasteiger partial charge in [-0.3, -0.25) is 0 Å². The lowest BCUT2D eigenvalue weighted by Crippen LogP contribution is -2.02. The van der Waals surface area contributed by atoms with Crippen molar-refractivity contribution in [3.8, 4) is 11.4 Å². The van der Waals surface area contributed by atoms with E-state index in [-0.39, 0.29) is 0 Å². The third kappa shape index (κ3) is 1.75. The molecule has 0 amide bonds. The highest BCUT2D eigenvalue weighted by molar-refractivity contribution is 6.35. The summed E-state index contributed by atoms with van der Waals surface area (Å²) < 4.78 is 1.87. The largest absolute Gasteiger partial charge is 0.398 e. The number of nitrogens with zero attached hydrogens (tertiary/aromatic N) is 4. The molecule has 2 atom stereocenters. The number of halogens is 1. The molecular formula is C12H14ClN5. The Hall–Kier alpha value is -1.62. The van der Waals surface area contributed by atoms with Crippen LogP contribution in [0.5, 0.6) is 0 Å². The van der Waals surface area contributed by atoms with Crippen molar-refractivity contribution in [2.24, 2.45) is 5.92 Å². The predicted molar refractivity (Wildman–Crippen MR) is 70.1 cm³/mol. The summed E-state index contributed by atoms with van der Waals surface area (Å²) in [7, 11) is 0. The van der Waals surface area contributed by atoms with Crippen LogP contribution in [0.4, 0.5) is 5.69 Å². The molecule has 1 aromatic heterocycles. The van der Waals surface area contributed by atoms with E-state index in [9.17, 15) is 0 Å². The highest BCUT2D eigenvalue weighted by Gasteiger charge is 2.39. The summed E-state index contributed by atoms with van der Waals surface area (Å²) in [5.41, 5.74) is 7.15. The Bertz CT molecular complexity index is 580. The normalized spacial score (nSPS) is 22.1. The van der Waals surface area contributed by atoms with E-state index < -0.39 is 0 Å². The zero-order valence-corrected chi connectivity index (χ0v) is 10.8. The zero-order chi connectivity index (χ0) is 12.7. The van der Waals surface area contributed by atoms with E-state index in [1.54, 1.807) is 6.07 Å². The van der Waals surface area contributed by atoms with Gasteiger partial charge in [0.15, 0.2) is 5.82 Å². The van der Waals surface area contributed by atoms with Gasteiger partial charge in [-0.15, -0.1) is 5.10 Å². The average Bonchev–Trinajstić information content (AvgIpc) is 3.01. The monoisotopic (exact) mass is 263 g/mol. The minimum atomic E-state index is 0.400. The van der Waals surface area contributed by atoms with Gasteiger partial charge in [-0.2, -0.15) is 0 Å². The van der Waals surface area contributed by atoms with E-state index >= 15 is 0 Å². The van der Waals surface area contributed by atoms with Gasteiger partial charge in [-0.25, -0.2) is 4.68 Å². The van der Waals surface area contributed by atoms with E-state index in [0.29, 0.717) is 28.5 Å². The van der Waals surface area contributed by atoms with Crippen LogP contribution < -0.4 is 5.73 Å². The molecule has 1 aliphatic rings. The number of hydrogen-bond donors (Lipinski definition) is 1. The molecule has 1 aromatic carbocycles. The van der Waals surface area contributed by atoms with Crippen molar-refractivity contribution in [3.63, 3.8) is 0 Å². The summed E-state index contributed by atoms with van der Waals surface area (Å²) in [4.78, 5) is 0. The molecule has 0 aliphatic heterocycles. The summed E-state index contributed by atoms with van der Waals surface area (Å²) in [6.07, 6.45) is 2.28. The van der Waals surface area contributed by atoms with Gasteiger partial charge >= 0.3 is 0 Å². The van der Waals surface area contributed by atoms with Crippen LogP contribution in [0.2, 0.25) is 5.02 Å². The van der Waals surface area contributed by atoms with E-state index in [1.807, 2.05) is 16.8 Å². The Morgan fingerprint density at radius 3 is 3.06 bits per heavy atom. The average molecular weight is 264 g/mol. The maximum absolute atomic E-state index is 6.22. The summed E-state index contributed by atoms with van der Waals surface area (Å²) in [5, 5.41) is 12.4. The predicted octanol–water partition coefficient (Wildman–Crippen LogP) is 2.55. The number of aromatic nitrogens is 4. The van der Waals surface area contributed by atoms with Gasteiger partial charge in [-0.05, 0) is 34.9 Å². The molecule has 0 bridgehead atoms. The topological polar surface area (TPSA) is 69.6 Å². The van der Waals surface area contributed by atoms with Gasteiger partial charge in [0.05, 0.1) is 16.8 Å². The van der Waals surface area contributed by atoms with Crippen molar-refractivity contribution >= 4 is 17.3 Å². The fraction of sp³-hybridized carbons (Fsp3) is 0.417. The number of nitrogens with two attached hydrogens (primary N) is 1. The number of benzene rings is 1.